The van der Waals surface area contributed by atoms with E-state index in [-0.39, 0.29) is 17.3 Å². The van der Waals surface area contributed by atoms with Crippen molar-refractivity contribution in [1.82, 2.24) is 0 Å². The number of halogens is 2. The Labute approximate surface area is 128 Å². The van der Waals surface area contributed by atoms with Crippen molar-refractivity contribution < 1.29 is 14.1 Å². The van der Waals surface area contributed by atoms with Crippen molar-refractivity contribution in [3.63, 3.8) is 0 Å². The first-order chi connectivity index (χ1) is 9.97. The molecule has 0 amide bonds. The predicted molar refractivity (Wildman–Crippen MR) is 80.6 cm³/mol. The molecular weight excluding hydrogens is 341 g/mol. The Balaban J connectivity index is 2.14. The SMILES string of the molecule is O=C(/C=C/c1ccc(F)c(Br)c1)c1ccc([N+](=O)[O-])cc1. The van der Waals surface area contributed by atoms with Crippen molar-refractivity contribution in [2.45, 2.75) is 0 Å². The van der Waals surface area contributed by atoms with Crippen molar-refractivity contribution in [2.24, 2.45) is 0 Å². The molecule has 0 radical (unpaired) electrons. The molecule has 2 aromatic rings. The summed E-state index contributed by atoms with van der Waals surface area (Å²) in [6.07, 6.45) is 2.88. The van der Waals surface area contributed by atoms with E-state index < -0.39 is 4.92 Å². The first kappa shape index (κ1) is 15.1. The monoisotopic (exact) mass is 349 g/mol. The molecule has 2 rings (SSSR count). The summed E-state index contributed by atoms with van der Waals surface area (Å²) >= 11 is 3.06. The molecule has 0 spiro atoms. The quantitative estimate of drug-likeness (QED) is 0.356. The molecule has 0 N–H and O–H groups in total. The lowest BCUT2D eigenvalue weighted by Crippen LogP contribution is -1.95. The fourth-order valence-corrected chi connectivity index (χ4v) is 2.03. The maximum Gasteiger partial charge on any atom is 0.269 e. The summed E-state index contributed by atoms with van der Waals surface area (Å²) in [5.41, 5.74) is 0.939. The number of rotatable bonds is 4. The van der Waals surface area contributed by atoms with Gasteiger partial charge in [0.1, 0.15) is 5.82 Å². The van der Waals surface area contributed by atoms with Crippen LogP contribution in [-0.2, 0) is 0 Å². The highest BCUT2D eigenvalue weighted by atomic mass is 79.9. The first-order valence-corrected chi connectivity index (χ1v) is 6.68. The Kier molecular flexibility index (Phi) is 4.59. The summed E-state index contributed by atoms with van der Waals surface area (Å²) in [4.78, 5) is 21.9. The van der Waals surface area contributed by atoms with E-state index in [2.05, 4.69) is 15.9 Å². The number of nitro groups is 1. The van der Waals surface area contributed by atoms with E-state index in [1.165, 1.54) is 36.4 Å². The molecule has 4 nitrogen and oxygen atoms in total. The molecule has 0 unspecified atom stereocenters. The lowest BCUT2D eigenvalue weighted by molar-refractivity contribution is -0.384. The molecule has 0 atom stereocenters. The molecule has 0 aliphatic rings. The molecule has 0 aliphatic heterocycles. The Morgan fingerprint density at radius 1 is 1.19 bits per heavy atom. The first-order valence-electron chi connectivity index (χ1n) is 5.89. The van der Waals surface area contributed by atoms with Crippen LogP contribution in [0.3, 0.4) is 0 Å². The second-order valence-electron chi connectivity index (χ2n) is 4.18. The average molecular weight is 350 g/mol. The van der Waals surface area contributed by atoms with Crippen LogP contribution in [0.25, 0.3) is 6.08 Å². The third kappa shape index (κ3) is 3.82. The number of nitro benzene ring substituents is 1. The van der Waals surface area contributed by atoms with E-state index in [0.29, 0.717) is 15.6 Å². The van der Waals surface area contributed by atoms with Crippen LogP contribution in [0.15, 0.2) is 53.0 Å². The van der Waals surface area contributed by atoms with Gasteiger partial charge in [0, 0.05) is 17.7 Å². The molecule has 0 aliphatic carbocycles. The highest BCUT2D eigenvalue weighted by Crippen LogP contribution is 2.18. The topological polar surface area (TPSA) is 60.2 Å². The van der Waals surface area contributed by atoms with Crippen LogP contribution in [-0.4, -0.2) is 10.7 Å². The number of hydrogen-bond acceptors (Lipinski definition) is 3. The van der Waals surface area contributed by atoms with Crippen LogP contribution in [0.1, 0.15) is 15.9 Å². The van der Waals surface area contributed by atoms with Gasteiger partial charge in [0.05, 0.1) is 9.40 Å². The largest absolute Gasteiger partial charge is 0.289 e. The van der Waals surface area contributed by atoms with Crippen LogP contribution in [0.2, 0.25) is 0 Å². The van der Waals surface area contributed by atoms with E-state index in [1.54, 1.807) is 18.2 Å². The number of non-ortho nitro benzene ring substituents is 1. The van der Waals surface area contributed by atoms with E-state index in [1.807, 2.05) is 0 Å². The Hall–Kier alpha value is -2.34. The molecule has 0 heterocycles. The molecule has 21 heavy (non-hydrogen) atoms. The minimum absolute atomic E-state index is 0.0713. The lowest BCUT2D eigenvalue weighted by Gasteiger charge is -1.98. The number of allylic oxidation sites excluding steroid dienone is 1. The summed E-state index contributed by atoms with van der Waals surface area (Å²) in [7, 11) is 0. The molecular formula is C15H9BrFNO3. The zero-order chi connectivity index (χ0) is 15.4. The van der Waals surface area contributed by atoms with Gasteiger partial charge >= 0.3 is 0 Å². The van der Waals surface area contributed by atoms with Crippen LogP contribution in [0.5, 0.6) is 0 Å². The molecule has 0 aromatic heterocycles. The van der Waals surface area contributed by atoms with Gasteiger partial charge in [0.15, 0.2) is 5.78 Å². The maximum atomic E-state index is 13.1. The maximum absolute atomic E-state index is 13.1. The summed E-state index contributed by atoms with van der Waals surface area (Å²) < 4.78 is 13.4. The molecule has 0 saturated carbocycles. The van der Waals surface area contributed by atoms with Gasteiger partial charge in [-0.15, -0.1) is 0 Å². The van der Waals surface area contributed by atoms with Crippen molar-refractivity contribution in [3.05, 3.63) is 80.1 Å². The molecule has 0 saturated heterocycles. The van der Waals surface area contributed by atoms with Gasteiger partial charge < -0.3 is 0 Å². The average Bonchev–Trinajstić information content (AvgIpc) is 2.48. The highest BCUT2D eigenvalue weighted by Gasteiger charge is 2.07. The molecule has 0 bridgehead atoms. The number of carbonyl (C=O) groups excluding carboxylic acids is 1. The molecule has 0 fully saturated rings. The summed E-state index contributed by atoms with van der Waals surface area (Å²) in [6.45, 7) is 0. The number of ketones is 1. The van der Waals surface area contributed by atoms with Gasteiger partial charge in [-0.1, -0.05) is 12.1 Å². The van der Waals surface area contributed by atoms with Gasteiger partial charge in [0.25, 0.3) is 5.69 Å². The molecule has 6 heteroatoms. The normalized spacial score (nSPS) is 10.8. The number of nitrogens with zero attached hydrogens (tertiary/aromatic N) is 1. The second-order valence-corrected chi connectivity index (χ2v) is 5.03. The fraction of sp³-hybridized carbons (Fsp3) is 0. The Bertz CT molecular complexity index is 726. The fourth-order valence-electron chi connectivity index (χ4n) is 1.63. The predicted octanol–water partition coefficient (Wildman–Crippen LogP) is 4.39. The van der Waals surface area contributed by atoms with Crippen LogP contribution >= 0.6 is 15.9 Å². The van der Waals surface area contributed by atoms with Crippen LogP contribution < -0.4 is 0 Å². The van der Waals surface area contributed by atoms with Gasteiger partial charge in [-0.25, -0.2) is 4.39 Å². The zero-order valence-electron chi connectivity index (χ0n) is 10.6. The summed E-state index contributed by atoms with van der Waals surface area (Å²) in [5.74, 6) is -0.667. The smallest absolute Gasteiger partial charge is 0.269 e. The van der Waals surface area contributed by atoms with Crippen molar-refractivity contribution >= 4 is 33.5 Å². The van der Waals surface area contributed by atoms with Crippen molar-refractivity contribution in [2.75, 3.05) is 0 Å². The number of hydrogen-bond donors (Lipinski definition) is 0. The van der Waals surface area contributed by atoms with Gasteiger partial charge in [-0.3, -0.25) is 14.9 Å². The van der Waals surface area contributed by atoms with Crippen LogP contribution in [0, 0.1) is 15.9 Å². The van der Waals surface area contributed by atoms with Crippen molar-refractivity contribution in [3.8, 4) is 0 Å². The third-order valence-electron chi connectivity index (χ3n) is 2.73. The van der Waals surface area contributed by atoms with E-state index in [4.69, 9.17) is 0 Å². The van der Waals surface area contributed by atoms with Gasteiger partial charge in [-0.2, -0.15) is 0 Å². The highest BCUT2D eigenvalue weighted by molar-refractivity contribution is 9.10. The van der Waals surface area contributed by atoms with E-state index in [9.17, 15) is 19.3 Å². The Morgan fingerprint density at radius 2 is 1.86 bits per heavy atom. The number of carbonyl (C=O) groups is 1. The summed E-state index contributed by atoms with van der Waals surface area (Å²) in [5, 5.41) is 10.5. The van der Waals surface area contributed by atoms with Crippen molar-refractivity contribution in [1.29, 1.82) is 0 Å². The molecule has 106 valence electrons. The Morgan fingerprint density at radius 3 is 2.43 bits per heavy atom. The minimum Gasteiger partial charge on any atom is -0.289 e. The van der Waals surface area contributed by atoms with Gasteiger partial charge in [-0.05, 0) is 51.8 Å². The number of benzene rings is 2. The second kappa shape index (κ2) is 6.41. The lowest BCUT2D eigenvalue weighted by atomic mass is 10.1. The molecule has 2 aromatic carbocycles. The zero-order valence-corrected chi connectivity index (χ0v) is 12.2. The van der Waals surface area contributed by atoms with E-state index in [0.717, 1.165) is 0 Å². The third-order valence-corrected chi connectivity index (χ3v) is 3.34. The van der Waals surface area contributed by atoms with Crippen LogP contribution in [0.4, 0.5) is 10.1 Å². The summed E-state index contributed by atoms with van der Waals surface area (Å²) in [6, 6.07) is 9.72. The minimum atomic E-state index is -0.528. The van der Waals surface area contributed by atoms with E-state index >= 15 is 0 Å². The van der Waals surface area contributed by atoms with Gasteiger partial charge in [0.2, 0.25) is 0 Å². The standard InChI is InChI=1S/C15H9BrFNO3/c16-13-9-10(1-7-14(13)17)2-8-15(19)11-3-5-12(6-4-11)18(20)21/h1-9H/b8-2+.